The second-order valence-corrected chi connectivity index (χ2v) is 4.30. The smallest absolute Gasteiger partial charge is 0.237 e. The Morgan fingerprint density at radius 3 is 2.63 bits per heavy atom. The van der Waals surface area contributed by atoms with Crippen molar-refractivity contribution in [2.75, 3.05) is 33.7 Å². The highest BCUT2D eigenvalue weighted by Crippen LogP contribution is 2.29. The third-order valence-electron chi connectivity index (χ3n) is 2.78. The highest BCUT2D eigenvalue weighted by Gasteiger charge is 2.18. The zero-order valence-corrected chi connectivity index (χ0v) is 12.0. The molecule has 1 rings (SSSR count). The maximum absolute atomic E-state index is 11.4. The molecule has 0 aromatic heterocycles. The van der Waals surface area contributed by atoms with E-state index in [4.69, 9.17) is 21.1 Å². The van der Waals surface area contributed by atoms with Crippen LogP contribution in [0.4, 0.5) is 0 Å². The fraction of sp³-hybridized carbons (Fsp3) is 0.462. The molecule has 0 heterocycles. The van der Waals surface area contributed by atoms with Crippen molar-refractivity contribution >= 4 is 17.5 Å². The Hall–Kier alpha value is -1.46. The average molecular weight is 288 g/mol. The summed E-state index contributed by atoms with van der Waals surface area (Å²) >= 11 is 5.47. The number of amides is 1. The lowest BCUT2D eigenvalue weighted by Gasteiger charge is -2.22. The van der Waals surface area contributed by atoms with E-state index in [1.54, 1.807) is 32.4 Å². The topological polar surface area (TPSA) is 59.0 Å². The number of aliphatic hydroxyl groups excluding tert-OH is 1. The van der Waals surface area contributed by atoms with Gasteiger partial charge in [-0.3, -0.25) is 4.79 Å². The van der Waals surface area contributed by atoms with E-state index in [0.29, 0.717) is 17.1 Å². The van der Waals surface area contributed by atoms with Gasteiger partial charge >= 0.3 is 0 Å². The summed E-state index contributed by atoms with van der Waals surface area (Å²) in [7, 11) is 4.65. The predicted octanol–water partition coefficient (Wildman–Crippen LogP) is 1.43. The predicted molar refractivity (Wildman–Crippen MR) is 72.9 cm³/mol. The van der Waals surface area contributed by atoms with Crippen molar-refractivity contribution in [2.45, 2.75) is 6.10 Å². The molecule has 0 aliphatic heterocycles. The zero-order chi connectivity index (χ0) is 14.4. The van der Waals surface area contributed by atoms with Crippen LogP contribution < -0.4 is 9.47 Å². The number of hydrogen-bond donors (Lipinski definition) is 1. The van der Waals surface area contributed by atoms with Crippen LogP contribution in [0.25, 0.3) is 0 Å². The number of halogens is 1. The first-order valence-electron chi connectivity index (χ1n) is 5.73. The van der Waals surface area contributed by atoms with Gasteiger partial charge in [-0.1, -0.05) is 0 Å². The van der Waals surface area contributed by atoms with Crippen molar-refractivity contribution in [1.82, 2.24) is 4.90 Å². The molecule has 0 aliphatic rings. The first kappa shape index (κ1) is 15.6. The first-order chi connectivity index (χ1) is 9.03. The molecule has 0 radical (unpaired) electrons. The number of hydrogen-bond acceptors (Lipinski definition) is 4. The van der Waals surface area contributed by atoms with Gasteiger partial charge in [0.15, 0.2) is 0 Å². The number of alkyl halides is 1. The summed E-state index contributed by atoms with van der Waals surface area (Å²) < 4.78 is 10.3. The van der Waals surface area contributed by atoms with Gasteiger partial charge < -0.3 is 19.5 Å². The third kappa shape index (κ3) is 4.01. The molecular weight excluding hydrogens is 270 g/mol. The van der Waals surface area contributed by atoms with Crippen LogP contribution in [0, 0.1) is 0 Å². The second kappa shape index (κ2) is 7.21. The Kier molecular flexibility index (Phi) is 5.92. The molecule has 1 N–H and O–H groups in total. The monoisotopic (exact) mass is 287 g/mol. The van der Waals surface area contributed by atoms with Crippen LogP contribution >= 0.6 is 11.6 Å². The molecule has 0 aliphatic carbocycles. The number of ether oxygens (including phenoxy) is 2. The second-order valence-electron chi connectivity index (χ2n) is 4.03. The highest BCUT2D eigenvalue weighted by atomic mass is 35.5. The molecule has 19 heavy (non-hydrogen) atoms. The highest BCUT2D eigenvalue weighted by molar-refractivity contribution is 6.27. The van der Waals surface area contributed by atoms with Gasteiger partial charge in [0.2, 0.25) is 5.91 Å². The number of nitrogens with zero attached hydrogens (tertiary/aromatic N) is 1. The molecule has 106 valence electrons. The summed E-state index contributed by atoms with van der Waals surface area (Å²) in [5, 5.41) is 10.2. The minimum Gasteiger partial charge on any atom is -0.497 e. The number of rotatable bonds is 6. The molecule has 6 heteroatoms. The van der Waals surface area contributed by atoms with E-state index in [9.17, 15) is 9.90 Å². The number of carbonyl (C=O) groups is 1. The largest absolute Gasteiger partial charge is 0.497 e. The van der Waals surface area contributed by atoms with Crippen LogP contribution in [0.3, 0.4) is 0 Å². The molecule has 1 aromatic carbocycles. The molecule has 0 spiro atoms. The Labute approximate surface area is 117 Å². The average Bonchev–Trinajstić information content (AvgIpc) is 2.45. The summed E-state index contributed by atoms with van der Waals surface area (Å²) in [6, 6.07) is 5.13. The van der Waals surface area contributed by atoms with Crippen LogP contribution in [-0.2, 0) is 4.79 Å². The lowest BCUT2D eigenvalue weighted by atomic mass is 10.1. The summed E-state index contributed by atoms with van der Waals surface area (Å²) in [5.74, 6) is 0.794. The Morgan fingerprint density at radius 2 is 2.11 bits per heavy atom. The molecule has 1 unspecified atom stereocenters. The first-order valence-corrected chi connectivity index (χ1v) is 6.26. The van der Waals surface area contributed by atoms with E-state index in [1.807, 2.05) is 0 Å². The SMILES string of the molecule is COc1ccc(OC)c(C(O)CN(C)C(=O)CCl)c1. The Morgan fingerprint density at radius 1 is 1.42 bits per heavy atom. The van der Waals surface area contributed by atoms with E-state index in [1.165, 1.54) is 12.0 Å². The number of likely N-dealkylation sites (N-methyl/N-ethyl adjacent to an activating group) is 1. The van der Waals surface area contributed by atoms with Crippen molar-refractivity contribution in [3.05, 3.63) is 23.8 Å². The van der Waals surface area contributed by atoms with E-state index in [-0.39, 0.29) is 18.3 Å². The van der Waals surface area contributed by atoms with E-state index in [2.05, 4.69) is 0 Å². The van der Waals surface area contributed by atoms with E-state index >= 15 is 0 Å². The van der Waals surface area contributed by atoms with Gasteiger partial charge in [0, 0.05) is 12.6 Å². The van der Waals surface area contributed by atoms with Gasteiger partial charge in [0.05, 0.1) is 20.8 Å². The molecule has 0 saturated heterocycles. The van der Waals surface area contributed by atoms with Gasteiger partial charge in [-0.25, -0.2) is 0 Å². The maximum Gasteiger partial charge on any atom is 0.237 e. The minimum absolute atomic E-state index is 0.113. The van der Waals surface area contributed by atoms with Gasteiger partial charge in [-0.15, -0.1) is 11.6 Å². The Balaban J connectivity index is 2.91. The molecule has 1 aromatic rings. The van der Waals surface area contributed by atoms with Gasteiger partial charge in [0.25, 0.3) is 0 Å². The standard InChI is InChI=1S/C13H18ClNO4/c1-15(13(17)7-14)8-11(16)10-6-9(18-2)4-5-12(10)19-3/h4-6,11,16H,7-8H2,1-3H3. The van der Waals surface area contributed by atoms with E-state index in [0.717, 1.165) is 0 Å². The zero-order valence-electron chi connectivity index (χ0n) is 11.2. The summed E-state index contributed by atoms with van der Waals surface area (Å²) in [4.78, 5) is 12.8. The molecule has 1 amide bonds. The van der Waals surface area contributed by atoms with Crippen molar-refractivity contribution < 1.29 is 19.4 Å². The maximum atomic E-state index is 11.4. The summed E-state index contributed by atoms with van der Waals surface area (Å²) in [6.07, 6.45) is -0.873. The quantitative estimate of drug-likeness (QED) is 0.804. The van der Waals surface area contributed by atoms with Crippen molar-refractivity contribution in [3.8, 4) is 11.5 Å². The number of methoxy groups -OCH3 is 2. The van der Waals surface area contributed by atoms with Crippen LogP contribution in [0.5, 0.6) is 11.5 Å². The molecule has 1 atom stereocenters. The van der Waals surface area contributed by atoms with Gasteiger partial charge in [-0.05, 0) is 18.2 Å². The Bertz CT molecular complexity index is 439. The number of aliphatic hydroxyl groups is 1. The van der Waals surface area contributed by atoms with Crippen molar-refractivity contribution in [3.63, 3.8) is 0 Å². The van der Waals surface area contributed by atoms with E-state index < -0.39 is 6.10 Å². The molecule has 0 fully saturated rings. The van der Waals surface area contributed by atoms with Crippen molar-refractivity contribution in [2.24, 2.45) is 0 Å². The number of carbonyl (C=O) groups excluding carboxylic acids is 1. The van der Waals surface area contributed by atoms with Gasteiger partial charge in [0.1, 0.15) is 23.5 Å². The van der Waals surface area contributed by atoms with Crippen LogP contribution in [0.2, 0.25) is 0 Å². The van der Waals surface area contributed by atoms with Crippen LogP contribution in [-0.4, -0.2) is 49.6 Å². The minimum atomic E-state index is -0.873. The van der Waals surface area contributed by atoms with Crippen LogP contribution in [0.15, 0.2) is 18.2 Å². The summed E-state index contributed by atoms with van der Waals surface area (Å²) in [6.45, 7) is 0.134. The fourth-order valence-electron chi connectivity index (χ4n) is 1.66. The molecular formula is C13H18ClNO4. The fourth-order valence-corrected chi connectivity index (χ4v) is 1.87. The lowest BCUT2D eigenvalue weighted by molar-refractivity contribution is -0.128. The van der Waals surface area contributed by atoms with Gasteiger partial charge in [-0.2, -0.15) is 0 Å². The molecule has 5 nitrogen and oxygen atoms in total. The summed E-state index contributed by atoms with van der Waals surface area (Å²) in [5.41, 5.74) is 0.566. The lowest BCUT2D eigenvalue weighted by Crippen LogP contribution is -2.32. The molecule has 0 saturated carbocycles. The van der Waals surface area contributed by atoms with Crippen LogP contribution in [0.1, 0.15) is 11.7 Å². The third-order valence-corrected chi connectivity index (χ3v) is 3.01. The normalized spacial score (nSPS) is 11.8. The van der Waals surface area contributed by atoms with Crippen molar-refractivity contribution in [1.29, 1.82) is 0 Å². The molecule has 0 bridgehead atoms. The number of benzene rings is 1.